The first kappa shape index (κ1) is 35.0. The Balaban J connectivity index is 1.15. The van der Waals surface area contributed by atoms with E-state index in [1.54, 1.807) is 6.07 Å². The molecule has 0 atom stereocenters. The van der Waals surface area contributed by atoms with E-state index in [-0.39, 0.29) is 35.7 Å². The number of hydrogen-bond donors (Lipinski definition) is 0. The molecule has 2 aliphatic rings. The van der Waals surface area contributed by atoms with Crippen molar-refractivity contribution in [3.05, 3.63) is 83.2 Å². The molecule has 10 heteroatoms. The second-order valence-electron chi connectivity index (χ2n) is 13.0. The van der Waals surface area contributed by atoms with Crippen LogP contribution in [-0.4, -0.2) is 12.5 Å². The topological polar surface area (TPSA) is 18.5 Å². The number of benzene rings is 3. The minimum atomic E-state index is -5.11. The quantitative estimate of drug-likeness (QED) is 0.150. The van der Waals surface area contributed by atoms with Crippen LogP contribution in [-0.2, 0) is 0 Å². The molecule has 0 amide bonds. The fraction of sp³-hybridized carbons (Fsp3) is 0.514. The lowest BCUT2D eigenvalue weighted by atomic mass is 9.75. The third-order valence-corrected chi connectivity index (χ3v) is 9.86. The Hall–Kier alpha value is -3.30. The number of unbranched alkanes of at least 4 members (excludes halogenated alkanes) is 2. The van der Waals surface area contributed by atoms with Gasteiger partial charge < -0.3 is 9.47 Å². The summed E-state index contributed by atoms with van der Waals surface area (Å²) in [4.78, 5) is 0. The Morgan fingerprint density at radius 3 is 1.98 bits per heavy atom. The minimum Gasteiger partial charge on any atom is -0.432 e. The van der Waals surface area contributed by atoms with Crippen molar-refractivity contribution in [2.45, 2.75) is 108 Å². The van der Waals surface area contributed by atoms with Gasteiger partial charge in [0.2, 0.25) is 0 Å². The SMILES string of the molecule is CCCCCC1CCC(c2ccc(C3CCC(C(F)(F)Oc4ccc(-c5ccc(OC(F)(F)F)c(F)c5)c(F)c4)CC3)c(F)c2)CC1. The van der Waals surface area contributed by atoms with Gasteiger partial charge in [0.05, 0.1) is 5.92 Å². The first-order valence-corrected chi connectivity index (χ1v) is 16.5. The largest absolute Gasteiger partial charge is 0.573 e. The average Bonchev–Trinajstić information content (AvgIpc) is 3.02. The zero-order valence-corrected chi connectivity index (χ0v) is 26.3. The maximum atomic E-state index is 15.3. The van der Waals surface area contributed by atoms with E-state index in [9.17, 15) is 22.0 Å². The highest BCUT2D eigenvalue weighted by molar-refractivity contribution is 5.66. The van der Waals surface area contributed by atoms with Gasteiger partial charge in [0.15, 0.2) is 11.6 Å². The van der Waals surface area contributed by atoms with E-state index >= 15 is 13.2 Å². The molecular formula is C37H40F8O2. The van der Waals surface area contributed by atoms with Gasteiger partial charge in [0, 0.05) is 11.6 Å². The summed E-state index contributed by atoms with van der Waals surface area (Å²) >= 11 is 0. The lowest BCUT2D eigenvalue weighted by Crippen LogP contribution is -2.37. The van der Waals surface area contributed by atoms with Crippen LogP contribution in [0.4, 0.5) is 35.1 Å². The van der Waals surface area contributed by atoms with Crippen LogP contribution in [0.25, 0.3) is 11.1 Å². The van der Waals surface area contributed by atoms with Crippen molar-refractivity contribution < 1.29 is 44.6 Å². The summed E-state index contributed by atoms with van der Waals surface area (Å²) in [5, 5.41) is 0. The van der Waals surface area contributed by atoms with E-state index in [4.69, 9.17) is 4.74 Å². The predicted octanol–water partition coefficient (Wildman–Crippen LogP) is 12.5. The molecule has 0 saturated heterocycles. The van der Waals surface area contributed by atoms with Crippen molar-refractivity contribution in [1.29, 1.82) is 0 Å². The van der Waals surface area contributed by atoms with Crippen molar-refractivity contribution in [3.63, 3.8) is 0 Å². The fourth-order valence-corrected chi connectivity index (χ4v) is 7.25. The molecule has 3 aromatic carbocycles. The molecule has 2 nitrogen and oxygen atoms in total. The third-order valence-electron chi connectivity index (χ3n) is 9.86. The molecule has 0 unspecified atom stereocenters. The third kappa shape index (κ3) is 8.99. The first-order valence-electron chi connectivity index (χ1n) is 16.5. The maximum absolute atomic E-state index is 15.3. The molecule has 0 radical (unpaired) electrons. The van der Waals surface area contributed by atoms with Crippen LogP contribution in [0.2, 0.25) is 0 Å². The molecule has 2 aliphatic carbocycles. The Kier molecular flexibility index (Phi) is 11.1. The summed E-state index contributed by atoms with van der Waals surface area (Å²) in [5.41, 5.74) is 1.23. The smallest absolute Gasteiger partial charge is 0.432 e. The molecule has 0 aromatic heterocycles. The standard InChI is InChI=1S/C37H40F8O2/c1-2-3-4-5-23-6-8-24(9-7-23)26-12-17-30(32(38)20-26)25-10-14-28(15-11-25)36(41,42)46-29-16-18-31(33(39)22-29)27-13-19-35(34(40)21-27)47-37(43,44)45/h12-13,16-25,28H,2-11,14-15H2,1H3. The zero-order valence-electron chi connectivity index (χ0n) is 26.3. The van der Waals surface area contributed by atoms with E-state index < -0.39 is 41.5 Å². The predicted molar refractivity (Wildman–Crippen MR) is 164 cm³/mol. The monoisotopic (exact) mass is 668 g/mol. The molecule has 0 aliphatic heterocycles. The van der Waals surface area contributed by atoms with Crippen LogP contribution >= 0.6 is 0 Å². The van der Waals surface area contributed by atoms with Gasteiger partial charge in [-0.2, -0.15) is 8.78 Å². The first-order chi connectivity index (χ1) is 22.3. The van der Waals surface area contributed by atoms with E-state index in [0.717, 1.165) is 48.6 Å². The highest BCUT2D eigenvalue weighted by Gasteiger charge is 2.44. The van der Waals surface area contributed by atoms with Crippen molar-refractivity contribution in [1.82, 2.24) is 0 Å². The highest BCUT2D eigenvalue weighted by Crippen LogP contribution is 2.45. The molecule has 2 saturated carbocycles. The van der Waals surface area contributed by atoms with Crippen LogP contribution in [0.3, 0.4) is 0 Å². The molecular weight excluding hydrogens is 628 g/mol. The van der Waals surface area contributed by atoms with Crippen molar-refractivity contribution in [3.8, 4) is 22.6 Å². The van der Waals surface area contributed by atoms with Crippen LogP contribution < -0.4 is 9.47 Å². The van der Waals surface area contributed by atoms with Crippen LogP contribution in [0.5, 0.6) is 11.5 Å². The Morgan fingerprint density at radius 1 is 0.660 bits per heavy atom. The summed E-state index contributed by atoms with van der Waals surface area (Å²) < 4.78 is 120. The summed E-state index contributed by atoms with van der Waals surface area (Å²) in [6.07, 6.45) is 1.68. The van der Waals surface area contributed by atoms with Gasteiger partial charge in [-0.15, -0.1) is 13.2 Å². The molecule has 0 heterocycles. The summed E-state index contributed by atoms with van der Waals surface area (Å²) in [5.74, 6) is -4.43. The molecule has 256 valence electrons. The van der Waals surface area contributed by atoms with Crippen molar-refractivity contribution in [2.75, 3.05) is 0 Å². The molecule has 0 bridgehead atoms. The number of ether oxygens (including phenoxy) is 2. The molecule has 2 fully saturated rings. The number of hydrogen-bond acceptors (Lipinski definition) is 2. The number of rotatable bonds is 11. The summed E-state index contributed by atoms with van der Waals surface area (Å²) in [6, 6.07) is 10.7. The van der Waals surface area contributed by atoms with E-state index in [0.29, 0.717) is 36.5 Å². The average molecular weight is 669 g/mol. The second-order valence-corrected chi connectivity index (χ2v) is 13.0. The molecule has 47 heavy (non-hydrogen) atoms. The van der Waals surface area contributed by atoms with E-state index in [1.165, 1.54) is 38.5 Å². The highest BCUT2D eigenvalue weighted by atomic mass is 19.4. The minimum absolute atomic E-state index is 0.0904. The van der Waals surface area contributed by atoms with Gasteiger partial charge in [0.1, 0.15) is 17.4 Å². The normalized spacial score (nSPS) is 22.2. The van der Waals surface area contributed by atoms with Gasteiger partial charge in [-0.1, -0.05) is 50.8 Å². The lowest BCUT2D eigenvalue weighted by molar-refractivity contribution is -0.275. The Bertz CT molecular complexity index is 1490. The van der Waals surface area contributed by atoms with Crippen LogP contribution in [0.15, 0.2) is 54.6 Å². The zero-order chi connectivity index (χ0) is 33.8. The summed E-state index contributed by atoms with van der Waals surface area (Å²) in [7, 11) is 0. The summed E-state index contributed by atoms with van der Waals surface area (Å²) in [6.45, 7) is 2.21. The lowest BCUT2D eigenvalue weighted by Gasteiger charge is -2.34. The van der Waals surface area contributed by atoms with E-state index in [2.05, 4.69) is 11.7 Å². The van der Waals surface area contributed by atoms with Crippen LogP contribution in [0.1, 0.15) is 107 Å². The Labute approximate surface area is 270 Å². The molecule has 0 N–H and O–H groups in total. The van der Waals surface area contributed by atoms with Crippen molar-refractivity contribution >= 4 is 0 Å². The van der Waals surface area contributed by atoms with E-state index in [1.807, 2.05) is 12.1 Å². The van der Waals surface area contributed by atoms with Gasteiger partial charge in [-0.25, -0.2) is 13.2 Å². The molecule has 0 spiro atoms. The van der Waals surface area contributed by atoms with Gasteiger partial charge in [-0.3, -0.25) is 0 Å². The second kappa shape index (κ2) is 14.9. The van der Waals surface area contributed by atoms with Crippen LogP contribution in [0, 0.1) is 29.3 Å². The molecule has 5 rings (SSSR count). The maximum Gasteiger partial charge on any atom is 0.573 e. The van der Waals surface area contributed by atoms with Crippen molar-refractivity contribution in [2.24, 2.45) is 11.8 Å². The fourth-order valence-electron chi connectivity index (χ4n) is 7.25. The van der Waals surface area contributed by atoms with Gasteiger partial charge in [0.25, 0.3) is 0 Å². The van der Waals surface area contributed by atoms with Gasteiger partial charge in [-0.05, 0) is 116 Å². The number of halogens is 8. The molecule has 3 aromatic rings. The van der Waals surface area contributed by atoms with Gasteiger partial charge >= 0.3 is 12.5 Å². The Morgan fingerprint density at radius 2 is 1.36 bits per heavy atom. The number of alkyl halides is 5.